The van der Waals surface area contributed by atoms with Crippen LogP contribution in [0.15, 0.2) is 34.2 Å². The summed E-state index contributed by atoms with van der Waals surface area (Å²) in [7, 11) is -1.36. The van der Waals surface area contributed by atoms with E-state index >= 15 is 0 Å². The Morgan fingerprint density at radius 1 is 1.33 bits per heavy atom. The van der Waals surface area contributed by atoms with Crippen molar-refractivity contribution in [2.24, 2.45) is 10.4 Å². The van der Waals surface area contributed by atoms with Gasteiger partial charge in [-0.1, -0.05) is 20.3 Å². The molecule has 1 heterocycles. The molecule has 0 radical (unpaired) electrons. The highest BCUT2D eigenvalue weighted by molar-refractivity contribution is 7.90. The third kappa shape index (κ3) is 6.41. The zero-order chi connectivity index (χ0) is 19.9. The van der Waals surface area contributed by atoms with Gasteiger partial charge in [-0.2, -0.15) is 0 Å². The molecular weight excluding hydrogens is 362 g/mol. The van der Waals surface area contributed by atoms with Crippen LogP contribution >= 0.6 is 0 Å². The molecule has 0 saturated carbocycles. The molecule has 0 aliphatic carbocycles. The normalized spacial score (nSPS) is 21.2. The number of nitrogens with zero attached hydrogens (tertiary/aromatic N) is 2. The zero-order valence-electron chi connectivity index (χ0n) is 17.0. The van der Waals surface area contributed by atoms with Gasteiger partial charge in [0, 0.05) is 26.4 Å². The van der Waals surface area contributed by atoms with E-state index < -0.39 is 9.84 Å². The van der Waals surface area contributed by atoms with E-state index in [1.54, 1.807) is 24.3 Å². The van der Waals surface area contributed by atoms with E-state index in [4.69, 9.17) is 4.74 Å². The lowest BCUT2D eigenvalue weighted by Gasteiger charge is -2.42. The number of piperidine rings is 1. The molecule has 1 unspecified atom stereocenters. The Hall–Kier alpha value is -1.76. The Bertz CT molecular complexity index is 727. The molecule has 0 amide bonds. The van der Waals surface area contributed by atoms with Crippen molar-refractivity contribution in [2.45, 2.75) is 44.4 Å². The van der Waals surface area contributed by atoms with Gasteiger partial charge in [0.05, 0.1) is 11.4 Å². The smallest absolute Gasteiger partial charge is 0.193 e. The number of benzene rings is 1. The van der Waals surface area contributed by atoms with Crippen molar-refractivity contribution in [3.8, 4) is 5.75 Å². The van der Waals surface area contributed by atoms with Gasteiger partial charge in [-0.25, -0.2) is 8.42 Å². The van der Waals surface area contributed by atoms with E-state index in [1.807, 2.05) is 7.05 Å². The summed E-state index contributed by atoms with van der Waals surface area (Å²) < 4.78 is 28.7. The first-order chi connectivity index (χ1) is 12.8. The second-order valence-corrected chi connectivity index (χ2v) is 9.67. The molecule has 2 rings (SSSR count). The first-order valence-electron chi connectivity index (χ1n) is 9.66. The second kappa shape index (κ2) is 9.44. The van der Waals surface area contributed by atoms with E-state index in [9.17, 15) is 8.42 Å². The molecule has 0 bridgehead atoms. The SMILES string of the molecule is CCCC1(C)CCCN(C(=NC)NCCOc2ccc(S(C)(=O)=O)cc2)C1. The highest BCUT2D eigenvalue weighted by Gasteiger charge is 2.31. The van der Waals surface area contributed by atoms with Gasteiger partial charge < -0.3 is 15.0 Å². The lowest BCUT2D eigenvalue weighted by atomic mass is 9.78. The number of aliphatic imine (C=N–C) groups is 1. The fourth-order valence-electron chi connectivity index (χ4n) is 3.75. The number of nitrogens with one attached hydrogen (secondary N) is 1. The van der Waals surface area contributed by atoms with Gasteiger partial charge in [0.1, 0.15) is 12.4 Å². The van der Waals surface area contributed by atoms with E-state index in [0.717, 1.165) is 19.0 Å². The van der Waals surface area contributed by atoms with Crippen LogP contribution in [0.2, 0.25) is 0 Å². The van der Waals surface area contributed by atoms with Crippen molar-refractivity contribution in [3.63, 3.8) is 0 Å². The monoisotopic (exact) mass is 395 g/mol. The van der Waals surface area contributed by atoms with Crippen LogP contribution in [0.4, 0.5) is 0 Å². The highest BCUT2D eigenvalue weighted by Crippen LogP contribution is 2.33. The quantitative estimate of drug-likeness (QED) is 0.437. The number of rotatable bonds is 7. The standard InChI is InChI=1S/C20H33N3O3S/c1-5-11-20(2)12-6-14-23(16-20)19(21-3)22-13-15-26-17-7-9-18(10-8-17)27(4,24)25/h7-10H,5-6,11-16H2,1-4H3,(H,21,22). The van der Waals surface area contributed by atoms with Crippen LogP contribution in [0.5, 0.6) is 5.75 Å². The van der Waals surface area contributed by atoms with Gasteiger partial charge in [-0.05, 0) is 48.9 Å². The first kappa shape index (κ1) is 21.5. The Balaban J connectivity index is 1.81. The minimum Gasteiger partial charge on any atom is -0.492 e. The number of ether oxygens (including phenoxy) is 1. The summed E-state index contributed by atoms with van der Waals surface area (Å²) in [5.74, 6) is 1.58. The summed E-state index contributed by atoms with van der Waals surface area (Å²) in [6.07, 6.45) is 6.13. The third-order valence-electron chi connectivity index (χ3n) is 5.05. The molecule has 0 aromatic heterocycles. The molecule has 0 spiro atoms. The maximum absolute atomic E-state index is 11.5. The molecule has 1 aromatic rings. The highest BCUT2D eigenvalue weighted by atomic mass is 32.2. The average Bonchev–Trinajstić information content (AvgIpc) is 2.61. The van der Waals surface area contributed by atoms with Crippen molar-refractivity contribution in [1.82, 2.24) is 10.2 Å². The summed E-state index contributed by atoms with van der Waals surface area (Å²) in [5, 5.41) is 3.38. The molecule has 1 aromatic carbocycles. The summed E-state index contributed by atoms with van der Waals surface area (Å²) in [4.78, 5) is 7.08. The average molecular weight is 396 g/mol. The van der Waals surface area contributed by atoms with Crippen LogP contribution in [0, 0.1) is 5.41 Å². The molecule has 1 atom stereocenters. The minimum absolute atomic E-state index is 0.300. The maximum Gasteiger partial charge on any atom is 0.193 e. The molecule has 1 fully saturated rings. The number of likely N-dealkylation sites (tertiary alicyclic amines) is 1. The summed E-state index contributed by atoms with van der Waals surface area (Å²) >= 11 is 0. The Labute approximate surface area is 163 Å². The number of sulfone groups is 1. The minimum atomic E-state index is -3.17. The predicted molar refractivity (Wildman–Crippen MR) is 110 cm³/mol. The summed E-state index contributed by atoms with van der Waals surface area (Å²) in [6.45, 7) is 7.82. The molecule has 1 aliphatic heterocycles. The van der Waals surface area contributed by atoms with E-state index in [2.05, 4.69) is 29.1 Å². The van der Waals surface area contributed by atoms with Crippen molar-refractivity contribution in [2.75, 3.05) is 39.5 Å². The fourth-order valence-corrected chi connectivity index (χ4v) is 4.38. The van der Waals surface area contributed by atoms with Crippen LogP contribution in [0.3, 0.4) is 0 Å². The van der Waals surface area contributed by atoms with Crippen LogP contribution in [0.25, 0.3) is 0 Å². The van der Waals surface area contributed by atoms with Crippen LogP contribution in [-0.4, -0.2) is 58.8 Å². The Morgan fingerprint density at radius 3 is 2.63 bits per heavy atom. The van der Waals surface area contributed by atoms with E-state index in [1.165, 1.54) is 31.9 Å². The molecule has 152 valence electrons. The van der Waals surface area contributed by atoms with Crippen LogP contribution in [0.1, 0.15) is 39.5 Å². The van der Waals surface area contributed by atoms with Gasteiger partial charge in [-0.15, -0.1) is 0 Å². The van der Waals surface area contributed by atoms with Crippen LogP contribution < -0.4 is 10.1 Å². The number of guanidine groups is 1. The van der Waals surface area contributed by atoms with Crippen LogP contribution in [-0.2, 0) is 9.84 Å². The predicted octanol–water partition coefficient (Wildman–Crippen LogP) is 2.95. The zero-order valence-corrected chi connectivity index (χ0v) is 17.8. The second-order valence-electron chi connectivity index (χ2n) is 7.65. The lowest BCUT2D eigenvalue weighted by Crippen LogP contribution is -2.50. The van der Waals surface area contributed by atoms with Crippen molar-refractivity contribution in [3.05, 3.63) is 24.3 Å². The van der Waals surface area contributed by atoms with E-state index in [0.29, 0.717) is 29.2 Å². The fraction of sp³-hybridized carbons (Fsp3) is 0.650. The number of hydrogen-bond acceptors (Lipinski definition) is 4. The first-order valence-corrected chi connectivity index (χ1v) is 11.5. The maximum atomic E-state index is 11.5. The summed E-state index contributed by atoms with van der Waals surface area (Å²) in [6, 6.07) is 6.51. The molecule has 27 heavy (non-hydrogen) atoms. The largest absolute Gasteiger partial charge is 0.492 e. The Kier molecular flexibility index (Phi) is 7.53. The molecule has 1 aliphatic rings. The molecule has 6 nitrogen and oxygen atoms in total. The van der Waals surface area contributed by atoms with Gasteiger partial charge in [0.25, 0.3) is 0 Å². The van der Waals surface area contributed by atoms with Gasteiger partial charge in [0.15, 0.2) is 15.8 Å². The summed E-state index contributed by atoms with van der Waals surface area (Å²) in [5.41, 5.74) is 0.364. The van der Waals surface area contributed by atoms with Crippen molar-refractivity contribution in [1.29, 1.82) is 0 Å². The number of hydrogen-bond donors (Lipinski definition) is 1. The lowest BCUT2D eigenvalue weighted by molar-refractivity contribution is 0.142. The van der Waals surface area contributed by atoms with E-state index in [-0.39, 0.29) is 0 Å². The molecule has 7 heteroatoms. The van der Waals surface area contributed by atoms with Gasteiger partial charge in [0.2, 0.25) is 0 Å². The van der Waals surface area contributed by atoms with Crippen molar-refractivity contribution < 1.29 is 13.2 Å². The van der Waals surface area contributed by atoms with Gasteiger partial charge in [-0.3, -0.25) is 4.99 Å². The molecule has 1 N–H and O–H groups in total. The topological polar surface area (TPSA) is 71.0 Å². The molecule has 1 saturated heterocycles. The molecular formula is C20H33N3O3S. The third-order valence-corrected chi connectivity index (χ3v) is 6.18. The van der Waals surface area contributed by atoms with Gasteiger partial charge >= 0.3 is 0 Å². The van der Waals surface area contributed by atoms with Crippen molar-refractivity contribution >= 4 is 15.8 Å². The Morgan fingerprint density at radius 2 is 2.04 bits per heavy atom.